The number of halogens is 1. The van der Waals surface area contributed by atoms with E-state index < -0.39 is 0 Å². The monoisotopic (exact) mass is 318 g/mol. The van der Waals surface area contributed by atoms with Crippen molar-refractivity contribution in [1.82, 2.24) is 10.2 Å². The van der Waals surface area contributed by atoms with E-state index in [1.54, 1.807) is 6.92 Å². The van der Waals surface area contributed by atoms with Crippen LogP contribution in [0.1, 0.15) is 17.5 Å². The maximum absolute atomic E-state index is 5.90. The van der Waals surface area contributed by atoms with Gasteiger partial charge in [-0.2, -0.15) is 0 Å². The summed E-state index contributed by atoms with van der Waals surface area (Å²) >= 11 is 5.90. The van der Waals surface area contributed by atoms with Gasteiger partial charge < -0.3 is 13.7 Å². The first kappa shape index (κ1) is 14.8. The van der Waals surface area contributed by atoms with E-state index >= 15 is 0 Å². The molecule has 114 valence electrons. The molecule has 0 saturated carbocycles. The molecule has 6 heteroatoms. The first-order valence-electron chi connectivity index (χ1n) is 7.05. The standard InChI is InChI=1S/C16H16ClN3O2/c1-11-18-19-16(21-11)10-20(2)9-14-7-8-15(22-14)12-3-5-13(17)6-4-12/h3-8H,9-10H2,1-2H3/p+1. The number of hydrogen-bond donors (Lipinski definition) is 1. The maximum atomic E-state index is 5.90. The van der Waals surface area contributed by atoms with Gasteiger partial charge in [0.25, 0.3) is 5.89 Å². The molecule has 0 fully saturated rings. The Kier molecular flexibility index (Phi) is 4.27. The Morgan fingerprint density at radius 3 is 2.45 bits per heavy atom. The highest BCUT2D eigenvalue weighted by Gasteiger charge is 2.13. The van der Waals surface area contributed by atoms with E-state index in [1.807, 2.05) is 36.4 Å². The number of nitrogens with zero attached hydrogens (tertiary/aromatic N) is 2. The van der Waals surface area contributed by atoms with Crippen molar-refractivity contribution >= 4 is 11.6 Å². The topological polar surface area (TPSA) is 56.5 Å². The molecule has 3 rings (SSSR count). The van der Waals surface area contributed by atoms with Gasteiger partial charge in [0.15, 0.2) is 12.3 Å². The molecule has 0 radical (unpaired) electrons. The Hall–Kier alpha value is -2.11. The van der Waals surface area contributed by atoms with Crippen LogP contribution in [-0.4, -0.2) is 17.2 Å². The van der Waals surface area contributed by atoms with Crippen molar-refractivity contribution in [3.05, 3.63) is 59.0 Å². The van der Waals surface area contributed by atoms with Gasteiger partial charge in [0, 0.05) is 17.5 Å². The Labute approximate surface area is 133 Å². The molecule has 0 aliphatic carbocycles. The summed E-state index contributed by atoms with van der Waals surface area (Å²) in [5.41, 5.74) is 1.01. The SMILES string of the molecule is Cc1nnc(C[NH+](C)Cc2ccc(-c3ccc(Cl)cc3)o2)o1. The lowest BCUT2D eigenvalue weighted by Gasteiger charge is -2.09. The summed E-state index contributed by atoms with van der Waals surface area (Å²) in [6, 6.07) is 11.6. The highest BCUT2D eigenvalue weighted by atomic mass is 35.5. The van der Waals surface area contributed by atoms with Crippen LogP contribution in [0.3, 0.4) is 0 Å². The van der Waals surface area contributed by atoms with E-state index in [0.717, 1.165) is 28.7 Å². The molecule has 1 unspecified atom stereocenters. The van der Waals surface area contributed by atoms with Crippen LogP contribution in [0, 0.1) is 6.92 Å². The van der Waals surface area contributed by atoms with E-state index in [-0.39, 0.29) is 0 Å². The van der Waals surface area contributed by atoms with Gasteiger partial charge in [0.1, 0.15) is 12.3 Å². The zero-order valence-corrected chi connectivity index (χ0v) is 13.2. The molecule has 0 bridgehead atoms. The largest absolute Gasteiger partial charge is 0.455 e. The number of aryl methyl sites for hydroxylation is 1. The Bertz CT molecular complexity index is 749. The first-order chi connectivity index (χ1) is 10.6. The Morgan fingerprint density at radius 2 is 1.77 bits per heavy atom. The highest BCUT2D eigenvalue weighted by Crippen LogP contribution is 2.23. The van der Waals surface area contributed by atoms with Gasteiger partial charge in [-0.15, -0.1) is 10.2 Å². The van der Waals surface area contributed by atoms with Crippen molar-refractivity contribution in [3.8, 4) is 11.3 Å². The molecule has 0 amide bonds. The van der Waals surface area contributed by atoms with E-state index in [1.165, 1.54) is 4.90 Å². The zero-order chi connectivity index (χ0) is 15.5. The summed E-state index contributed by atoms with van der Waals surface area (Å²) in [4.78, 5) is 1.21. The number of aromatic nitrogens is 2. The molecule has 0 aliphatic rings. The lowest BCUT2D eigenvalue weighted by atomic mass is 10.2. The second-order valence-corrected chi connectivity index (χ2v) is 5.73. The molecule has 1 atom stereocenters. The van der Waals surface area contributed by atoms with Gasteiger partial charge in [-0.1, -0.05) is 11.6 Å². The fourth-order valence-electron chi connectivity index (χ4n) is 2.27. The predicted octanol–water partition coefficient (Wildman–Crippen LogP) is 2.51. The minimum Gasteiger partial charge on any atom is -0.455 e. The third-order valence-corrected chi connectivity index (χ3v) is 3.54. The molecule has 0 spiro atoms. The second kappa shape index (κ2) is 6.34. The first-order valence-corrected chi connectivity index (χ1v) is 7.43. The van der Waals surface area contributed by atoms with Crippen LogP contribution in [0.25, 0.3) is 11.3 Å². The molecule has 3 aromatic rings. The number of quaternary nitrogens is 1. The molecule has 5 nitrogen and oxygen atoms in total. The van der Waals surface area contributed by atoms with Gasteiger partial charge in [0.2, 0.25) is 5.89 Å². The molecule has 1 N–H and O–H groups in total. The Morgan fingerprint density at radius 1 is 1.00 bits per heavy atom. The number of furan rings is 1. The lowest BCUT2D eigenvalue weighted by molar-refractivity contribution is -0.910. The van der Waals surface area contributed by atoms with Crippen LogP contribution in [0.4, 0.5) is 0 Å². The van der Waals surface area contributed by atoms with Gasteiger partial charge in [-0.3, -0.25) is 0 Å². The van der Waals surface area contributed by atoms with Gasteiger partial charge in [0.05, 0.1) is 7.05 Å². The fourth-order valence-corrected chi connectivity index (χ4v) is 2.40. The van der Waals surface area contributed by atoms with Crippen LogP contribution < -0.4 is 4.90 Å². The van der Waals surface area contributed by atoms with Crippen molar-refractivity contribution in [2.24, 2.45) is 0 Å². The number of benzene rings is 1. The molecule has 1 aromatic carbocycles. The second-order valence-electron chi connectivity index (χ2n) is 5.30. The summed E-state index contributed by atoms with van der Waals surface area (Å²) in [7, 11) is 2.06. The molecular formula is C16H17ClN3O2+. The molecule has 2 heterocycles. The lowest BCUT2D eigenvalue weighted by Crippen LogP contribution is -3.06. The van der Waals surface area contributed by atoms with E-state index in [0.29, 0.717) is 18.3 Å². The van der Waals surface area contributed by atoms with Crippen LogP contribution in [0.15, 0.2) is 45.2 Å². The molecule has 22 heavy (non-hydrogen) atoms. The summed E-state index contributed by atoms with van der Waals surface area (Å²) < 4.78 is 11.3. The molecular weight excluding hydrogens is 302 g/mol. The quantitative estimate of drug-likeness (QED) is 0.785. The molecule has 0 saturated heterocycles. The fraction of sp³-hybridized carbons (Fsp3) is 0.250. The van der Waals surface area contributed by atoms with Crippen molar-refractivity contribution < 1.29 is 13.7 Å². The third-order valence-electron chi connectivity index (χ3n) is 3.29. The van der Waals surface area contributed by atoms with Crippen molar-refractivity contribution in [3.63, 3.8) is 0 Å². The number of nitrogens with one attached hydrogen (secondary N) is 1. The average molecular weight is 319 g/mol. The summed E-state index contributed by atoms with van der Waals surface area (Å²) in [6.07, 6.45) is 0. The zero-order valence-electron chi connectivity index (χ0n) is 12.5. The maximum Gasteiger partial charge on any atom is 0.271 e. The number of rotatable bonds is 5. The molecule has 0 aliphatic heterocycles. The van der Waals surface area contributed by atoms with E-state index in [4.69, 9.17) is 20.4 Å². The van der Waals surface area contributed by atoms with Crippen LogP contribution in [-0.2, 0) is 13.1 Å². The van der Waals surface area contributed by atoms with Crippen LogP contribution >= 0.6 is 11.6 Å². The van der Waals surface area contributed by atoms with Gasteiger partial charge in [-0.25, -0.2) is 0 Å². The predicted molar refractivity (Wildman–Crippen MR) is 82.5 cm³/mol. The Balaban J connectivity index is 1.65. The summed E-state index contributed by atoms with van der Waals surface area (Å²) in [6.45, 7) is 3.20. The minimum atomic E-state index is 0.589. The van der Waals surface area contributed by atoms with Crippen LogP contribution in [0.5, 0.6) is 0 Å². The normalized spacial score (nSPS) is 12.5. The minimum absolute atomic E-state index is 0.589. The number of hydrogen-bond acceptors (Lipinski definition) is 4. The van der Waals surface area contributed by atoms with Gasteiger partial charge in [-0.05, 0) is 36.4 Å². The van der Waals surface area contributed by atoms with Crippen LogP contribution in [0.2, 0.25) is 5.02 Å². The van der Waals surface area contributed by atoms with Crippen molar-refractivity contribution in [1.29, 1.82) is 0 Å². The van der Waals surface area contributed by atoms with Gasteiger partial charge >= 0.3 is 0 Å². The molecule has 2 aromatic heterocycles. The van der Waals surface area contributed by atoms with Crippen molar-refractivity contribution in [2.45, 2.75) is 20.0 Å². The summed E-state index contributed by atoms with van der Waals surface area (Å²) in [5.74, 6) is 2.98. The smallest absolute Gasteiger partial charge is 0.271 e. The summed E-state index contributed by atoms with van der Waals surface area (Å²) in [5, 5.41) is 8.56. The highest BCUT2D eigenvalue weighted by molar-refractivity contribution is 6.30. The third kappa shape index (κ3) is 3.55. The van der Waals surface area contributed by atoms with E-state index in [9.17, 15) is 0 Å². The van der Waals surface area contributed by atoms with E-state index in [2.05, 4.69) is 17.2 Å². The van der Waals surface area contributed by atoms with Crippen molar-refractivity contribution in [2.75, 3.05) is 7.05 Å². The average Bonchev–Trinajstić information content (AvgIpc) is 3.09.